The Bertz CT molecular complexity index is 438. The van der Waals surface area contributed by atoms with Gasteiger partial charge in [0.2, 0.25) is 0 Å². The van der Waals surface area contributed by atoms with Gasteiger partial charge in [0, 0.05) is 12.5 Å². The lowest BCUT2D eigenvalue weighted by molar-refractivity contribution is 0.0415. The molecule has 1 aromatic carbocycles. The minimum atomic E-state index is -0.00272. The Morgan fingerprint density at radius 2 is 2.17 bits per heavy atom. The highest BCUT2D eigenvalue weighted by Crippen LogP contribution is 2.48. The summed E-state index contributed by atoms with van der Waals surface area (Å²) in [7, 11) is 0. The molecule has 0 bridgehead atoms. The van der Waals surface area contributed by atoms with E-state index in [0.717, 1.165) is 36.3 Å². The molecule has 2 N–H and O–H groups in total. The normalized spacial score (nSPS) is 24.7. The summed E-state index contributed by atoms with van der Waals surface area (Å²) in [5.74, 6) is 1.82. The van der Waals surface area contributed by atoms with Gasteiger partial charge in [-0.3, -0.25) is 0 Å². The third kappa shape index (κ3) is 1.87. The first-order valence-corrected chi connectivity index (χ1v) is 6.94. The summed E-state index contributed by atoms with van der Waals surface area (Å²) in [6, 6.07) is 6.04. The number of rotatable bonds is 2. The minimum Gasteiger partial charge on any atom is -0.493 e. The van der Waals surface area contributed by atoms with Crippen LogP contribution in [-0.2, 0) is 0 Å². The van der Waals surface area contributed by atoms with Crippen molar-refractivity contribution in [2.75, 3.05) is 6.61 Å². The van der Waals surface area contributed by atoms with Gasteiger partial charge in [-0.1, -0.05) is 6.07 Å². The molecular weight excluding hydrogens is 226 g/mol. The topological polar surface area (TPSA) is 44.5 Å². The van der Waals surface area contributed by atoms with Gasteiger partial charge in [-0.15, -0.1) is 0 Å². The fraction of sp³-hybridized carbons (Fsp3) is 0.600. The first-order chi connectivity index (χ1) is 8.74. The van der Waals surface area contributed by atoms with E-state index in [2.05, 4.69) is 0 Å². The zero-order valence-corrected chi connectivity index (χ0v) is 10.9. The molecule has 1 fully saturated rings. The van der Waals surface area contributed by atoms with Crippen LogP contribution in [0, 0.1) is 0 Å². The Balaban J connectivity index is 1.97. The molecule has 0 saturated heterocycles. The van der Waals surface area contributed by atoms with Gasteiger partial charge >= 0.3 is 0 Å². The SMILES string of the molecule is CCOc1cccc2c1C(N)CC1(CCCC1)O2. The van der Waals surface area contributed by atoms with E-state index in [1.807, 2.05) is 25.1 Å². The lowest BCUT2D eigenvalue weighted by Gasteiger charge is -2.39. The van der Waals surface area contributed by atoms with Gasteiger partial charge in [0.05, 0.1) is 12.2 Å². The van der Waals surface area contributed by atoms with E-state index in [-0.39, 0.29) is 11.6 Å². The Hall–Kier alpha value is -1.22. The van der Waals surface area contributed by atoms with Crippen LogP contribution in [0.5, 0.6) is 11.5 Å². The van der Waals surface area contributed by atoms with Crippen molar-refractivity contribution in [3.63, 3.8) is 0 Å². The molecule has 1 aromatic rings. The Morgan fingerprint density at radius 3 is 2.89 bits per heavy atom. The molecule has 18 heavy (non-hydrogen) atoms. The van der Waals surface area contributed by atoms with E-state index in [1.54, 1.807) is 0 Å². The predicted octanol–water partition coefficient (Wildman–Crippen LogP) is 3.18. The Labute approximate surface area is 108 Å². The van der Waals surface area contributed by atoms with Crippen molar-refractivity contribution in [3.05, 3.63) is 23.8 Å². The second kappa shape index (κ2) is 4.47. The first-order valence-electron chi connectivity index (χ1n) is 6.94. The zero-order chi connectivity index (χ0) is 12.6. The van der Waals surface area contributed by atoms with Gasteiger partial charge in [-0.2, -0.15) is 0 Å². The minimum absolute atomic E-state index is 0.00272. The number of nitrogens with two attached hydrogens (primary N) is 1. The smallest absolute Gasteiger partial charge is 0.128 e. The van der Waals surface area contributed by atoms with Crippen LogP contribution in [0.3, 0.4) is 0 Å². The summed E-state index contributed by atoms with van der Waals surface area (Å²) in [5, 5.41) is 0. The maximum Gasteiger partial charge on any atom is 0.128 e. The number of hydrogen-bond acceptors (Lipinski definition) is 3. The molecule has 1 aliphatic heterocycles. The van der Waals surface area contributed by atoms with Gasteiger partial charge in [0.15, 0.2) is 0 Å². The highest BCUT2D eigenvalue weighted by Gasteiger charge is 2.42. The van der Waals surface area contributed by atoms with Crippen LogP contribution in [0.15, 0.2) is 18.2 Å². The fourth-order valence-corrected chi connectivity index (χ4v) is 3.36. The molecule has 98 valence electrons. The van der Waals surface area contributed by atoms with Gasteiger partial charge < -0.3 is 15.2 Å². The molecule has 1 spiro atoms. The van der Waals surface area contributed by atoms with Gasteiger partial charge in [0.25, 0.3) is 0 Å². The third-order valence-electron chi connectivity index (χ3n) is 4.13. The lowest BCUT2D eigenvalue weighted by Crippen LogP contribution is -2.40. The zero-order valence-electron chi connectivity index (χ0n) is 10.9. The Kier molecular flexibility index (Phi) is 2.94. The van der Waals surface area contributed by atoms with Crippen LogP contribution in [0.2, 0.25) is 0 Å². The van der Waals surface area contributed by atoms with Crippen LogP contribution in [-0.4, -0.2) is 12.2 Å². The molecule has 1 aliphatic carbocycles. The molecule has 3 heteroatoms. The van der Waals surface area contributed by atoms with Gasteiger partial charge in [0.1, 0.15) is 17.1 Å². The van der Waals surface area contributed by atoms with Gasteiger partial charge in [-0.05, 0) is 44.7 Å². The van der Waals surface area contributed by atoms with Crippen molar-refractivity contribution >= 4 is 0 Å². The van der Waals surface area contributed by atoms with Crippen LogP contribution in [0.4, 0.5) is 0 Å². The van der Waals surface area contributed by atoms with Crippen molar-refractivity contribution in [1.29, 1.82) is 0 Å². The monoisotopic (exact) mass is 247 g/mol. The molecule has 0 amide bonds. The molecule has 1 saturated carbocycles. The lowest BCUT2D eigenvalue weighted by atomic mass is 9.86. The second-order valence-corrected chi connectivity index (χ2v) is 5.40. The highest BCUT2D eigenvalue weighted by atomic mass is 16.5. The molecule has 0 aromatic heterocycles. The standard InChI is InChI=1S/C15H21NO2/c1-2-17-12-6-5-7-13-14(12)11(16)10-15(18-13)8-3-4-9-15/h5-7,11H,2-4,8-10,16H2,1H3. The predicted molar refractivity (Wildman–Crippen MR) is 71.0 cm³/mol. The summed E-state index contributed by atoms with van der Waals surface area (Å²) < 4.78 is 11.9. The van der Waals surface area contributed by atoms with E-state index < -0.39 is 0 Å². The van der Waals surface area contributed by atoms with Crippen LogP contribution in [0.25, 0.3) is 0 Å². The van der Waals surface area contributed by atoms with E-state index >= 15 is 0 Å². The van der Waals surface area contributed by atoms with E-state index in [0.29, 0.717) is 6.61 Å². The summed E-state index contributed by atoms with van der Waals surface area (Å²) >= 11 is 0. The quantitative estimate of drug-likeness (QED) is 0.873. The second-order valence-electron chi connectivity index (χ2n) is 5.40. The maximum absolute atomic E-state index is 6.37. The highest BCUT2D eigenvalue weighted by molar-refractivity contribution is 5.48. The van der Waals surface area contributed by atoms with E-state index in [4.69, 9.17) is 15.2 Å². The van der Waals surface area contributed by atoms with Crippen molar-refractivity contribution in [1.82, 2.24) is 0 Å². The first kappa shape index (κ1) is 11.8. The van der Waals surface area contributed by atoms with Crippen molar-refractivity contribution in [2.45, 2.75) is 50.7 Å². The number of benzene rings is 1. The van der Waals surface area contributed by atoms with Crippen molar-refractivity contribution in [2.24, 2.45) is 5.73 Å². The molecule has 1 atom stereocenters. The fourth-order valence-electron chi connectivity index (χ4n) is 3.36. The van der Waals surface area contributed by atoms with E-state index in [9.17, 15) is 0 Å². The van der Waals surface area contributed by atoms with Crippen LogP contribution >= 0.6 is 0 Å². The number of hydrogen-bond donors (Lipinski definition) is 1. The van der Waals surface area contributed by atoms with Gasteiger partial charge in [-0.25, -0.2) is 0 Å². The summed E-state index contributed by atoms with van der Waals surface area (Å²) in [6.45, 7) is 2.65. The van der Waals surface area contributed by atoms with Crippen LogP contribution < -0.4 is 15.2 Å². The summed E-state index contributed by atoms with van der Waals surface area (Å²) in [5.41, 5.74) is 7.42. The average Bonchev–Trinajstić information content (AvgIpc) is 2.77. The summed E-state index contributed by atoms with van der Waals surface area (Å²) in [6.07, 6.45) is 5.71. The molecule has 3 nitrogen and oxygen atoms in total. The molecule has 1 unspecified atom stereocenters. The molecular formula is C15H21NO2. The largest absolute Gasteiger partial charge is 0.493 e. The van der Waals surface area contributed by atoms with Crippen LogP contribution in [0.1, 0.15) is 50.6 Å². The Morgan fingerprint density at radius 1 is 1.39 bits per heavy atom. The average molecular weight is 247 g/mol. The van der Waals surface area contributed by atoms with E-state index in [1.165, 1.54) is 12.8 Å². The maximum atomic E-state index is 6.37. The summed E-state index contributed by atoms with van der Waals surface area (Å²) in [4.78, 5) is 0. The number of ether oxygens (including phenoxy) is 2. The molecule has 3 rings (SSSR count). The molecule has 1 heterocycles. The molecule has 0 radical (unpaired) electrons. The third-order valence-corrected chi connectivity index (χ3v) is 4.13. The molecule has 2 aliphatic rings. The van der Waals surface area contributed by atoms with Crippen molar-refractivity contribution in [3.8, 4) is 11.5 Å². The van der Waals surface area contributed by atoms with Crippen molar-refractivity contribution < 1.29 is 9.47 Å². The number of fused-ring (bicyclic) bond motifs is 1.